The molecule has 1 aliphatic carbocycles. The van der Waals surface area contributed by atoms with Gasteiger partial charge in [-0.1, -0.05) is 23.7 Å². The quantitative estimate of drug-likeness (QED) is 0.942. The molecule has 0 spiro atoms. The molecule has 4 nitrogen and oxygen atoms in total. The van der Waals surface area contributed by atoms with E-state index in [4.69, 9.17) is 11.6 Å². The lowest BCUT2D eigenvalue weighted by molar-refractivity contribution is -0.123. The lowest BCUT2D eigenvalue weighted by Crippen LogP contribution is -2.34. The minimum atomic E-state index is -0.394. The van der Waals surface area contributed by atoms with Gasteiger partial charge < -0.3 is 5.32 Å². The Balaban J connectivity index is 1.75. The molecule has 0 saturated heterocycles. The molecule has 5 heteroatoms. The molecule has 1 aliphatic rings. The van der Waals surface area contributed by atoms with Crippen LogP contribution in [0.15, 0.2) is 24.3 Å². The Bertz CT molecular complexity index is 732. The molecule has 0 aliphatic heterocycles. The van der Waals surface area contributed by atoms with E-state index in [0.29, 0.717) is 11.6 Å². The zero-order valence-electron chi connectivity index (χ0n) is 13.1. The third kappa shape index (κ3) is 2.52. The van der Waals surface area contributed by atoms with Gasteiger partial charge in [0.15, 0.2) is 0 Å². The summed E-state index contributed by atoms with van der Waals surface area (Å²) < 4.78 is 1.85. The SMILES string of the molecule is Cc1nn(C)c(C)c1CNC(=O)C1(c2cccc(Cl)c2)CC1. The van der Waals surface area contributed by atoms with E-state index in [1.165, 1.54) is 0 Å². The zero-order chi connectivity index (χ0) is 15.9. The summed E-state index contributed by atoms with van der Waals surface area (Å²) in [4.78, 5) is 12.7. The molecule has 3 rings (SSSR count). The van der Waals surface area contributed by atoms with Gasteiger partial charge in [-0.15, -0.1) is 0 Å². The Hall–Kier alpha value is -1.81. The molecule has 1 aromatic heterocycles. The fourth-order valence-corrected chi connectivity index (χ4v) is 3.16. The molecule has 0 radical (unpaired) electrons. The van der Waals surface area contributed by atoms with Crippen LogP contribution in [0.3, 0.4) is 0 Å². The number of nitrogens with zero attached hydrogens (tertiary/aromatic N) is 2. The second-order valence-electron chi connectivity index (χ2n) is 6.05. The molecule has 1 heterocycles. The lowest BCUT2D eigenvalue weighted by Gasteiger charge is -2.16. The average Bonchev–Trinajstić information content (AvgIpc) is 3.24. The number of rotatable bonds is 4. The predicted octanol–water partition coefficient (Wildman–Crippen LogP) is 3.04. The Kier molecular flexibility index (Phi) is 3.73. The number of amides is 1. The summed E-state index contributed by atoms with van der Waals surface area (Å²) in [5.74, 6) is 0.0809. The summed E-state index contributed by atoms with van der Waals surface area (Å²) in [6.07, 6.45) is 1.76. The van der Waals surface area contributed by atoms with E-state index in [1.807, 2.05) is 49.8 Å². The maximum atomic E-state index is 12.7. The zero-order valence-corrected chi connectivity index (χ0v) is 13.9. The van der Waals surface area contributed by atoms with Crippen LogP contribution in [0.5, 0.6) is 0 Å². The van der Waals surface area contributed by atoms with Crippen molar-refractivity contribution in [1.82, 2.24) is 15.1 Å². The highest BCUT2D eigenvalue weighted by atomic mass is 35.5. The molecule has 1 saturated carbocycles. The van der Waals surface area contributed by atoms with Crippen LogP contribution in [0.2, 0.25) is 5.02 Å². The Labute approximate surface area is 135 Å². The maximum Gasteiger partial charge on any atom is 0.230 e. The molecule has 1 amide bonds. The molecule has 0 unspecified atom stereocenters. The fraction of sp³-hybridized carbons (Fsp3) is 0.412. The van der Waals surface area contributed by atoms with Gasteiger partial charge in [-0.3, -0.25) is 9.48 Å². The van der Waals surface area contributed by atoms with E-state index in [2.05, 4.69) is 10.4 Å². The maximum absolute atomic E-state index is 12.7. The van der Waals surface area contributed by atoms with Gasteiger partial charge in [-0.25, -0.2) is 0 Å². The molecular formula is C17H20ClN3O. The van der Waals surface area contributed by atoms with Crippen LogP contribution in [0.25, 0.3) is 0 Å². The van der Waals surface area contributed by atoms with E-state index >= 15 is 0 Å². The third-order valence-corrected chi connectivity index (χ3v) is 4.88. The first-order valence-corrected chi connectivity index (χ1v) is 7.85. The van der Waals surface area contributed by atoms with E-state index in [0.717, 1.165) is 35.4 Å². The van der Waals surface area contributed by atoms with Crippen molar-refractivity contribution in [3.05, 3.63) is 51.8 Å². The minimum Gasteiger partial charge on any atom is -0.351 e. The van der Waals surface area contributed by atoms with Crippen LogP contribution in [0, 0.1) is 13.8 Å². The summed E-state index contributed by atoms with van der Waals surface area (Å²) in [5.41, 5.74) is 3.77. The van der Waals surface area contributed by atoms with Gasteiger partial charge in [0.2, 0.25) is 5.91 Å². The molecule has 2 aromatic rings. The number of aryl methyl sites for hydroxylation is 2. The van der Waals surface area contributed by atoms with Gasteiger partial charge in [0.25, 0.3) is 0 Å². The van der Waals surface area contributed by atoms with Crippen molar-refractivity contribution in [1.29, 1.82) is 0 Å². The highest BCUT2D eigenvalue weighted by molar-refractivity contribution is 6.30. The van der Waals surface area contributed by atoms with E-state index in [-0.39, 0.29) is 5.91 Å². The van der Waals surface area contributed by atoms with Crippen LogP contribution in [0.4, 0.5) is 0 Å². The van der Waals surface area contributed by atoms with Crippen molar-refractivity contribution in [2.45, 2.75) is 38.6 Å². The fourth-order valence-electron chi connectivity index (χ4n) is 2.97. The first-order chi connectivity index (χ1) is 10.4. The summed E-state index contributed by atoms with van der Waals surface area (Å²) in [5, 5.41) is 8.14. The summed E-state index contributed by atoms with van der Waals surface area (Å²) >= 11 is 6.06. The van der Waals surface area contributed by atoms with Crippen LogP contribution in [-0.2, 0) is 23.8 Å². The molecule has 116 valence electrons. The predicted molar refractivity (Wildman–Crippen MR) is 86.9 cm³/mol. The van der Waals surface area contributed by atoms with Crippen molar-refractivity contribution in [2.75, 3.05) is 0 Å². The topological polar surface area (TPSA) is 46.9 Å². The van der Waals surface area contributed by atoms with Crippen molar-refractivity contribution in [3.8, 4) is 0 Å². The average molecular weight is 318 g/mol. The molecular weight excluding hydrogens is 298 g/mol. The largest absolute Gasteiger partial charge is 0.351 e. The first-order valence-electron chi connectivity index (χ1n) is 7.47. The number of carbonyl (C=O) groups is 1. The van der Waals surface area contributed by atoms with E-state index in [1.54, 1.807) is 0 Å². The summed E-state index contributed by atoms with van der Waals surface area (Å²) in [7, 11) is 1.92. The summed E-state index contributed by atoms with van der Waals surface area (Å²) in [6, 6.07) is 7.62. The Morgan fingerprint density at radius 3 is 2.68 bits per heavy atom. The van der Waals surface area contributed by atoms with Crippen molar-refractivity contribution < 1.29 is 4.79 Å². The molecule has 0 atom stereocenters. The van der Waals surface area contributed by atoms with E-state index < -0.39 is 5.41 Å². The molecule has 1 aromatic carbocycles. The highest BCUT2D eigenvalue weighted by Gasteiger charge is 2.51. The van der Waals surface area contributed by atoms with Gasteiger partial charge in [-0.2, -0.15) is 5.10 Å². The number of nitrogens with one attached hydrogen (secondary N) is 1. The molecule has 22 heavy (non-hydrogen) atoms. The Morgan fingerprint density at radius 2 is 2.14 bits per heavy atom. The van der Waals surface area contributed by atoms with Gasteiger partial charge in [0.1, 0.15) is 0 Å². The first kappa shape index (κ1) is 15.1. The van der Waals surface area contributed by atoms with Crippen LogP contribution in [-0.4, -0.2) is 15.7 Å². The standard InChI is InChI=1S/C17H20ClN3O/c1-11-15(12(2)21(3)20-11)10-19-16(22)17(7-8-17)13-5-4-6-14(18)9-13/h4-6,9H,7-8,10H2,1-3H3,(H,19,22). The highest BCUT2D eigenvalue weighted by Crippen LogP contribution is 2.48. The van der Waals surface area contributed by atoms with Crippen molar-refractivity contribution >= 4 is 17.5 Å². The van der Waals surface area contributed by atoms with Crippen molar-refractivity contribution in [2.24, 2.45) is 7.05 Å². The second-order valence-corrected chi connectivity index (χ2v) is 6.48. The number of hydrogen-bond donors (Lipinski definition) is 1. The van der Waals surface area contributed by atoms with Crippen LogP contribution < -0.4 is 5.32 Å². The lowest BCUT2D eigenvalue weighted by atomic mass is 9.95. The number of hydrogen-bond acceptors (Lipinski definition) is 2. The smallest absolute Gasteiger partial charge is 0.230 e. The van der Waals surface area contributed by atoms with Crippen molar-refractivity contribution in [3.63, 3.8) is 0 Å². The van der Waals surface area contributed by atoms with Gasteiger partial charge in [0.05, 0.1) is 11.1 Å². The van der Waals surface area contributed by atoms with Crippen LogP contribution in [0.1, 0.15) is 35.4 Å². The Morgan fingerprint density at radius 1 is 1.41 bits per heavy atom. The van der Waals surface area contributed by atoms with Crippen LogP contribution >= 0.6 is 11.6 Å². The van der Waals surface area contributed by atoms with Gasteiger partial charge >= 0.3 is 0 Å². The minimum absolute atomic E-state index is 0.0809. The van der Waals surface area contributed by atoms with Gasteiger partial charge in [0, 0.05) is 29.9 Å². The number of carbonyl (C=O) groups excluding carboxylic acids is 1. The molecule has 1 fully saturated rings. The number of benzene rings is 1. The van der Waals surface area contributed by atoms with E-state index in [9.17, 15) is 4.79 Å². The summed E-state index contributed by atoms with van der Waals surface area (Å²) in [6.45, 7) is 4.51. The molecule has 0 bridgehead atoms. The monoisotopic (exact) mass is 317 g/mol. The number of aromatic nitrogens is 2. The van der Waals surface area contributed by atoms with Gasteiger partial charge in [-0.05, 0) is 44.4 Å². The molecule has 1 N–H and O–H groups in total. The normalized spacial score (nSPS) is 15.6. The third-order valence-electron chi connectivity index (χ3n) is 4.65. The number of halogens is 1. The second kappa shape index (κ2) is 5.43.